The third-order valence-corrected chi connectivity index (χ3v) is 4.37. The molecular weight excluding hydrogens is 342 g/mol. The zero-order valence-electron chi connectivity index (χ0n) is 17.1. The van der Waals surface area contributed by atoms with Crippen LogP contribution in [0.15, 0.2) is 29.3 Å². The van der Waals surface area contributed by atoms with Crippen LogP contribution < -0.4 is 5.32 Å². The second-order valence-electron chi connectivity index (χ2n) is 6.90. The number of carbonyl (C=O) groups excluding carboxylic acids is 1. The number of guanidine groups is 1. The lowest BCUT2D eigenvalue weighted by Crippen LogP contribution is -2.53. The van der Waals surface area contributed by atoms with Gasteiger partial charge < -0.3 is 24.8 Å². The Morgan fingerprint density at radius 3 is 2.22 bits per heavy atom. The number of nitrogens with zero attached hydrogens (tertiary/aromatic N) is 4. The molecule has 0 unspecified atom stereocenters. The van der Waals surface area contributed by atoms with Crippen LogP contribution in [0.1, 0.15) is 25.0 Å². The second-order valence-corrected chi connectivity index (χ2v) is 6.90. The molecule has 1 aromatic rings. The lowest BCUT2D eigenvalue weighted by atomic mass is 10.1. The summed E-state index contributed by atoms with van der Waals surface area (Å²) in [5.74, 6) is 0.901. The third-order valence-electron chi connectivity index (χ3n) is 4.37. The maximum absolute atomic E-state index is 11.8. The van der Waals surface area contributed by atoms with E-state index in [2.05, 4.69) is 60.4 Å². The minimum absolute atomic E-state index is 0.225. The van der Waals surface area contributed by atoms with Crippen molar-refractivity contribution < 1.29 is 9.53 Å². The molecule has 1 aromatic carbocycles. The molecule has 0 spiro atoms. The summed E-state index contributed by atoms with van der Waals surface area (Å²) in [6, 6.07) is 8.61. The molecule has 1 saturated heterocycles. The molecule has 0 aliphatic carbocycles. The zero-order valence-corrected chi connectivity index (χ0v) is 17.1. The van der Waals surface area contributed by atoms with Gasteiger partial charge in [0.1, 0.15) is 0 Å². The number of benzene rings is 1. The molecule has 0 saturated carbocycles. The van der Waals surface area contributed by atoms with Gasteiger partial charge in [0.2, 0.25) is 0 Å². The number of piperazine rings is 1. The fraction of sp³-hybridized carbons (Fsp3) is 0.600. The van der Waals surface area contributed by atoms with Crippen LogP contribution in [0.3, 0.4) is 0 Å². The van der Waals surface area contributed by atoms with E-state index in [4.69, 9.17) is 9.73 Å². The smallest absolute Gasteiger partial charge is 0.409 e. The maximum atomic E-state index is 11.8. The summed E-state index contributed by atoms with van der Waals surface area (Å²) < 4.78 is 5.08. The summed E-state index contributed by atoms with van der Waals surface area (Å²) in [6.07, 6.45) is -0.225. The van der Waals surface area contributed by atoms with E-state index in [-0.39, 0.29) is 6.09 Å². The third kappa shape index (κ3) is 6.75. The van der Waals surface area contributed by atoms with Crippen molar-refractivity contribution in [3.8, 4) is 0 Å². The molecule has 7 nitrogen and oxygen atoms in total. The molecule has 0 bridgehead atoms. The highest BCUT2D eigenvalue weighted by Crippen LogP contribution is 2.09. The predicted octanol–water partition coefficient (Wildman–Crippen LogP) is 1.99. The first-order valence-corrected chi connectivity index (χ1v) is 9.71. The van der Waals surface area contributed by atoms with Gasteiger partial charge in [0, 0.05) is 39.3 Å². The molecule has 1 fully saturated rings. The van der Waals surface area contributed by atoms with Crippen LogP contribution in [-0.4, -0.2) is 80.2 Å². The molecule has 1 aliphatic heterocycles. The monoisotopic (exact) mass is 375 g/mol. The van der Waals surface area contributed by atoms with E-state index in [0.29, 0.717) is 26.2 Å². The first-order chi connectivity index (χ1) is 13.0. The average Bonchev–Trinajstić information content (AvgIpc) is 2.66. The van der Waals surface area contributed by atoms with E-state index in [0.717, 1.165) is 32.1 Å². The Bertz CT molecular complexity index is 607. The van der Waals surface area contributed by atoms with Crippen molar-refractivity contribution in [1.82, 2.24) is 20.0 Å². The summed E-state index contributed by atoms with van der Waals surface area (Å²) in [7, 11) is 4.14. The second kappa shape index (κ2) is 10.8. The van der Waals surface area contributed by atoms with Crippen LogP contribution in [0.5, 0.6) is 0 Å². The van der Waals surface area contributed by atoms with Gasteiger partial charge in [-0.25, -0.2) is 9.79 Å². The number of hydrogen-bond donors (Lipinski definition) is 1. The number of rotatable bonds is 6. The number of amides is 1. The van der Waals surface area contributed by atoms with Crippen molar-refractivity contribution in [2.24, 2.45) is 4.99 Å². The SMILES string of the molecule is CCNC(=NCc1ccc(CN(C)C)cc1)N1CCN(C(=O)OCC)CC1. The molecule has 1 heterocycles. The molecule has 150 valence electrons. The van der Waals surface area contributed by atoms with E-state index < -0.39 is 0 Å². The van der Waals surface area contributed by atoms with Gasteiger partial charge in [-0.2, -0.15) is 0 Å². The van der Waals surface area contributed by atoms with Gasteiger partial charge in [0.05, 0.1) is 13.2 Å². The number of ether oxygens (including phenoxy) is 1. The van der Waals surface area contributed by atoms with E-state index in [1.54, 1.807) is 4.90 Å². The Morgan fingerprint density at radius 2 is 1.67 bits per heavy atom. The topological polar surface area (TPSA) is 60.4 Å². The van der Waals surface area contributed by atoms with Crippen LogP contribution in [0.25, 0.3) is 0 Å². The molecule has 2 rings (SSSR count). The molecule has 1 amide bonds. The summed E-state index contributed by atoms with van der Waals surface area (Å²) in [5, 5.41) is 3.36. The molecule has 0 atom stereocenters. The van der Waals surface area contributed by atoms with Gasteiger partial charge in [0.15, 0.2) is 5.96 Å². The van der Waals surface area contributed by atoms with E-state index in [9.17, 15) is 4.79 Å². The summed E-state index contributed by atoms with van der Waals surface area (Å²) >= 11 is 0. The molecule has 0 radical (unpaired) electrons. The minimum Gasteiger partial charge on any atom is -0.450 e. The maximum Gasteiger partial charge on any atom is 0.409 e. The standard InChI is InChI=1S/C20H33N5O2/c1-5-21-19(24-11-13-25(14-12-24)20(26)27-6-2)22-15-17-7-9-18(10-8-17)16-23(3)4/h7-10H,5-6,11-16H2,1-4H3,(H,21,22). The summed E-state index contributed by atoms with van der Waals surface area (Å²) in [4.78, 5) is 22.8. The van der Waals surface area contributed by atoms with Crippen molar-refractivity contribution >= 4 is 12.1 Å². The number of hydrogen-bond acceptors (Lipinski definition) is 4. The molecule has 1 N–H and O–H groups in total. The summed E-state index contributed by atoms with van der Waals surface area (Å²) in [6.45, 7) is 9.54. The van der Waals surface area contributed by atoms with Crippen molar-refractivity contribution in [2.75, 3.05) is 53.4 Å². The first kappa shape index (κ1) is 21.0. The Labute approximate surface area is 163 Å². The zero-order chi connectivity index (χ0) is 19.6. The Hall–Kier alpha value is -2.28. The van der Waals surface area contributed by atoms with Crippen molar-refractivity contribution in [2.45, 2.75) is 26.9 Å². The molecule has 1 aliphatic rings. The number of carbonyl (C=O) groups is 1. The van der Waals surface area contributed by atoms with Crippen LogP contribution in [-0.2, 0) is 17.8 Å². The largest absolute Gasteiger partial charge is 0.450 e. The van der Waals surface area contributed by atoms with Gasteiger partial charge in [-0.1, -0.05) is 24.3 Å². The lowest BCUT2D eigenvalue weighted by molar-refractivity contribution is 0.0914. The minimum atomic E-state index is -0.225. The molecule has 27 heavy (non-hydrogen) atoms. The van der Waals surface area contributed by atoms with Crippen LogP contribution in [0.4, 0.5) is 4.79 Å². The molecular formula is C20H33N5O2. The predicted molar refractivity (Wildman–Crippen MR) is 109 cm³/mol. The van der Waals surface area contributed by atoms with Crippen LogP contribution >= 0.6 is 0 Å². The molecule has 0 aromatic heterocycles. The van der Waals surface area contributed by atoms with Crippen molar-refractivity contribution in [3.63, 3.8) is 0 Å². The fourth-order valence-corrected chi connectivity index (χ4v) is 3.02. The van der Waals surface area contributed by atoms with Crippen LogP contribution in [0.2, 0.25) is 0 Å². The van der Waals surface area contributed by atoms with Gasteiger partial charge in [-0.05, 0) is 39.1 Å². The Kier molecular flexibility index (Phi) is 8.39. The van der Waals surface area contributed by atoms with Crippen molar-refractivity contribution in [3.05, 3.63) is 35.4 Å². The highest BCUT2D eigenvalue weighted by Gasteiger charge is 2.23. The van der Waals surface area contributed by atoms with Gasteiger partial charge in [-0.3, -0.25) is 0 Å². The number of aliphatic imine (C=N–C) groups is 1. The quantitative estimate of drug-likeness (QED) is 0.609. The highest BCUT2D eigenvalue weighted by molar-refractivity contribution is 5.80. The van der Waals surface area contributed by atoms with Gasteiger partial charge in [-0.15, -0.1) is 0 Å². The first-order valence-electron chi connectivity index (χ1n) is 9.71. The Balaban J connectivity index is 1.93. The Morgan fingerprint density at radius 1 is 1.07 bits per heavy atom. The van der Waals surface area contributed by atoms with E-state index in [1.807, 2.05) is 6.92 Å². The lowest BCUT2D eigenvalue weighted by Gasteiger charge is -2.35. The average molecular weight is 376 g/mol. The highest BCUT2D eigenvalue weighted by atomic mass is 16.6. The normalized spacial score (nSPS) is 15.2. The van der Waals surface area contributed by atoms with E-state index >= 15 is 0 Å². The van der Waals surface area contributed by atoms with Gasteiger partial charge >= 0.3 is 6.09 Å². The number of nitrogens with one attached hydrogen (secondary N) is 1. The summed E-state index contributed by atoms with van der Waals surface area (Å²) in [5.41, 5.74) is 2.49. The fourth-order valence-electron chi connectivity index (χ4n) is 3.02. The van der Waals surface area contributed by atoms with E-state index in [1.165, 1.54) is 11.1 Å². The van der Waals surface area contributed by atoms with Crippen LogP contribution in [0, 0.1) is 0 Å². The molecule has 7 heteroatoms. The van der Waals surface area contributed by atoms with Gasteiger partial charge in [0.25, 0.3) is 0 Å². The van der Waals surface area contributed by atoms with Crippen molar-refractivity contribution in [1.29, 1.82) is 0 Å².